The Kier molecular flexibility index (Phi) is 5.99. The molecule has 0 bridgehead atoms. The highest BCUT2D eigenvalue weighted by Crippen LogP contribution is 2.15. The summed E-state index contributed by atoms with van der Waals surface area (Å²) < 4.78 is 5.57. The minimum absolute atomic E-state index is 0.263. The molecule has 0 aliphatic carbocycles. The van der Waals surface area contributed by atoms with Gasteiger partial charge in [-0.05, 0) is 12.3 Å². The summed E-state index contributed by atoms with van der Waals surface area (Å²) in [6, 6.07) is 0. The molecule has 94 valence electrons. The molecule has 0 amide bonds. The lowest BCUT2D eigenvalue weighted by Crippen LogP contribution is -2.42. The number of piperidine rings is 1. The van der Waals surface area contributed by atoms with Crippen LogP contribution in [0, 0.1) is 11.8 Å². The molecule has 1 aliphatic rings. The van der Waals surface area contributed by atoms with E-state index in [1.54, 1.807) is 0 Å². The van der Waals surface area contributed by atoms with Crippen molar-refractivity contribution in [2.75, 3.05) is 32.8 Å². The van der Waals surface area contributed by atoms with Crippen LogP contribution in [0.3, 0.4) is 0 Å². The maximum atomic E-state index is 11.5. The average Bonchev–Trinajstić information content (AvgIpc) is 2.26. The molecule has 0 aromatic carbocycles. The fourth-order valence-electron chi connectivity index (χ4n) is 2.05. The van der Waals surface area contributed by atoms with Crippen molar-refractivity contribution in [3.63, 3.8) is 0 Å². The summed E-state index contributed by atoms with van der Waals surface area (Å²) in [6.07, 6.45) is 1.70. The Hall–Kier alpha value is -0.410. The SMILES string of the molecule is CCC1CN(CCOCC(C)C)CCC1=O. The first-order chi connectivity index (χ1) is 7.63. The fourth-order valence-corrected chi connectivity index (χ4v) is 2.05. The van der Waals surface area contributed by atoms with Crippen LogP contribution in [-0.2, 0) is 9.53 Å². The van der Waals surface area contributed by atoms with E-state index in [4.69, 9.17) is 4.74 Å². The molecule has 0 saturated carbocycles. The van der Waals surface area contributed by atoms with Crippen LogP contribution in [0.4, 0.5) is 0 Å². The smallest absolute Gasteiger partial charge is 0.138 e. The van der Waals surface area contributed by atoms with Crippen molar-refractivity contribution in [3.05, 3.63) is 0 Å². The number of hydrogen-bond donors (Lipinski definition) is 0. The first-order valence-corrected chi connectivity index (χ1v) is 6.46. The van der Waals surface area contributed by atoms with Crippen LogP contribution < -0.4 is 0 Å². The van der Waals surface area contributed by atoms with Crippen molar-refractivity contribution in [2.45, 2.75) is 33.6 Å². The third-order valence-electron chi connectivity index (χ3n) is 3.10. The molecule has 3 heteroatoms. The average molecular weight is 227 g/mol. The van der Waals surface area contributed by atoms with Crippen molar-refractivity contribution in [2.24, 2.45) is 11.8 Å². The minimum atomic E-state index is 0.263. The Morgan fingerprint density at radius 2 is 2.25 bits per heavy atom. The Labute approximate surface area is 99.1 Å². The highest BCUT2D eigenvalue weighted by Gasteiger charge is 2.25. The van der Waals surface area contributed by atoms with Crippen LogP contribution in [-0.4, -0.2) is 43.5 Å². The number of rotatable bonds is 6. The van der Waals surface area contributed by atoms with Crippen molar-refractivity contribution in [1.82, 2.24) is 4.90 Å². The summed E-state index contributed by atoms with van der Waals surface area (Å²) in [5, 5.41) is 0. The van der Waals surface area contributed by atoms with E-state index in [2.05, 4.69) is 25.7 Å². The van der Waals surface area contributed by atoms with Crippen LogP contribution in [0.15, 0.2) is 0 Å². The molecule has 0 N–H and O–H groups in total. The first-order valence-electron chi connectivity index (χ1n) is 6.46. The van der Waals surface area contributed by atoms with E-state index in [-0.39, 0.29) is 5.92 Å². The Morgan fingerprint density at radius 3 is 2.88 bits per heavy atom. The number of likely N-dealkylation sites (tertiary alicyclic amines) is 1. The van der Waals surface area contributed by atoms with Crippen molar-refractivity contribution >= 4 is 5.78 Å². The number of carbonyl (C=O) groups excluding carboxylic acids is 1. The van der Waals surface area contributed by atoms with Crippen LogP contribution in [0.25, 0.3) is 0 Å². The van der Waals surface area contributed by atoms with E-state index < -0.39 is 0 Å². The zero-order valence-electron chi connectivity index (χ0n) is 10.9. The molecule has 16 heavy (non-hydrogen) atoms. The summed E-state index contributed by atoms with van der Waals surface area (Å²) in [5.41, 5.74) is 0. The van der Waals surface area contributed by atoms with Gasteiger partial charge < -0.3 is 4.74 Å². The van der Waals surface area contributed by atoms with Gasteiger partial charge in [0, 0.05) is 38.6 Å². The number of hydrogen-bond acceptors (Lipinski definition) is 3. The van der Waals surface area contributed by atoms with Crippen molar-refractivity contribution in [3.8, 4) is 0 Å². The molecule has 0 aromatic heterocycles. The third kappa shape index (κ3) is 4.62. The topological polar surface area (TPSA) is 29.5 Å². The third-order valence-corrected chi connectivity index (χ3v) is 3.10. The van der Waals surface area contributed by atoms with Gasteiger partial charge in [-0.15, -0.1) is 0 Å². The molecule has 1 atom stereocenters. The lowest BCUT2D eigenvalue weighted by molar-refractivity contribution is -0.126. The zero-order chi connectivity index (χ0) is 12.0. The van der Waals surface area contributed by atoms with E-state index in [1.165, 1.54) is 0 Å². The summed E-state index contributed by atoms with van der Waals surface area (Å²) in [5.74, 6) is 1.31. The van der Waals surface area contributed by atoms with Crippen LogP contribution in [0.2, 0.25) is 0 Å². The fraction of sp³-hybridized carbons (Fsp3) is 0.923. The summed E-state index contributed by atoms with van der Waals surface area (Å²) >= 11 is 0. The van der Waals surface area contributed by atoms with E-state index in [9.17, 15) is 4.79 Å². The summed E-state index contributed by atoms with van der Waals surface area (Å²) in [7, 11) is 0. The van der Waals surface area contributed by atoms with Gasteiger partial charge in [-0.3, -0.25) is 9.69 Å². The van der Waals surface area contributed by atoms with Gasteiger partial charge in [-0.25, -0.2) is 0 Å². The molecule has 1 unspecified atom stereocenters. The van der Waals surface area contributed by atoms with Crippen LogP contribution in [0.5, 0.6) is 0 Å². The Balaban J connectivity index is 2.16. The predicted molar refractivity (Wildman–Crippen MR) is 65.5 cm³/mol. The van der Waals surface area contributed by atoms with Gasteiger partial charge in [0.25, 0.3) is 0 Å². The summed E-state index contributed by atoms with van der Waals surface area (Å²) in [6.45, 7) is 10.9. The molecule has 3 nitrogen and oxygen atoms in total. The van der Waals surface area contributed by atoms with Gasteiger partial charge in [0.15, 0.2) is 0 Å². The monoisotopic (exact) mass is 227 g/mol. The number of ketones is 1. The standard InChI is InChI=1S/C13H25NO2/c1-4-12-9-14(6-5-13(12)15)7-8-16-10-11(2)3/h11-12H,4-10H2,1-3H3. The molecule has 0 spiro atoms. The molecule has 1 fully saturated rings. The molecule has 0 aromatic rings. The van der Waals surface area contributed by atoms with Gasteiger partial charge in [0.2, 0.25) is 0 Å². The molecule has 1 saturated heterocycles. The quantitative estimate of drug-likeness (QED) is 0.650. The second-order valence-electron chi connectivity index (χ2n) is 5.09. The van der Waals surface area contributed by atoms with Gasteiger partial charge >= 0.3 is 0 Å². The highest BCUT2D eigenvalue weighted by molar-refractivity contribution is 5.82. The Bertz CT molecular complexity index is 216. The normalized spacial score (nSPS) is 23.0. The second-order valence-corrected chi connectivity index (χ2v) is 5.09. The molecule has 1 aliphatic heterocycles. The summed E-state index contributed by atoms with van der Waals surface area (Å²) in [4.78, 5) is 13.9. The zero-order valence-corrected chi connectivity index (χ0v) is 10.9. The maximum Gasteiger partial charge on any atom is 0.138 e. The van der Waals surface area contributed by atoms with E-state index in [0.717, 1.165) is 45.7 Å². The minimum Gasteiger partial charge on any atom is -0.380 e. The number of carbonyl (C=O) groups is 1. The number of nitrogens with zero attached hydrogens (tertiary/aromatic N) is 1. The van der Waals surface area contributed by atoms with E-state index in [1.807, 2.05) is 0 Å². The van der Waals surface area contributed by atoms with Crippen LogP contribution >= 0.6 is 0 Å². The largest absolute Gasteiger partial charge is 0.380 e. The number of ether oxygens (including phenoxy) is 1. The Morgan fingerprint density at radius 1 is 1.50 bits per heavy atom. The van der Waals surface area contributed by atoms with Crippen molar-refractivity contribution < 1.29 is 9.53 Å². The molecular weight excluding hydrogens is 202 g/mol. The van der Waals surface area contributed by atoms with Gasteiger partial charge in [0.05, 0.1) is 6.61 Å². The second kappa shape index (κ2) is 7.02. The van der Waals surface area contributed by atoms with E-state index in [0.29, 0.717) is 11.7 Å². The van der Waals surface area contributed by atoms with Gasteiger partial charge in [0.1, 0.15) is 5.78 Å². The first kappa shape index (κ1) is 13.7. The molecule has 1 rings (SSSR count). The number of Topliss-reactive ketones (excluding diaryl/α,β-unsaturated/α-hetero) is 1. The van der Waals surface area contributed by atoms with E-state index >= 15 is 0 Å². The predicted octanol–water partition coefficient (Wildman–Crippen LogP) is 1.96. The maximum absolute atomic E-state index is 11.5. The molecular formula is C13H25NO2. The lowest BCUT2D eigenvalue weighted by atomic mass is 9.94. The van der Waals surface area contributed by atoms with Gasteiger partial charge in [-0.2, -0.15) is 0 Å². The van der Waals surface area contributed by atoms with Crippen molar-refractivity contribution in [1.29, 1.82) is 0 Å². The molecule has 0 radical (unpaired) electrons. The highest BCUT2D eigenvalue weighted by atomic mass is 16.5. The lowest BCUT2D eigenvalue weighted by Gasteiger charge is -2.31. The van der Waals surface area contributed by atoms with Gasteiger partial charge in [-0.1, -0.05) is 20.8 Å². The molecule has 1 heterocycles. The van der Waals surface area contributed by atoms with Crippen LogP contribution in [0.1, 0.15) is 33.6 Å².